The maximum Gasteiger partial charge on any atom is 0.262 e. The van der Waals surface area contributed by atoms with Crippen LogP contribution >= 0.6 is 22.6 Å². The van der Waals surface area contributed by atoms with E-state index in [1.165, 1.54) is 9.13 Å². The average Bonchev–Trinajstić information content (AvgIpc) is 2.57. The SMILES string of the molecule is CCC(C)c1ccc(OCC(=O)Nc2cc(C)c(I)cc2C)cc1. The normalized spacial score (nSPS) is 11.9. The number of hydrogen-bond donors (Lipinski definition) is 1. The number of carbonyl (C=O) groups excluding carboxylic acids is 1. The Bertz CT molecular complexity index is 710. The largest absolute Gasteiger partial charge is 0.484 e. The summed E-state index contributed by atoms with van der Waals surface area (Å²) in [4.78, 5) is 12.1. The van der Waals surface area contributed by atoms with Crippen LogP contribution in [0.5, 0.6) is 5.75 Å². The molecule has 1 atom stereocenters. The second kappa shape index (κ2) is 8.51. The van der Waals surface area contributed by atoms with Crippen molar-refractivity contribution < 1.29 is 9.53 Å². The minimum absolute atomic E-state index is 0.00710. The maximum atomic E-state index is 12.1. The summed E-state index contributed by atoms with van der Waals surface area (Å²) in [6, 6.07) is 12.0. The standard InChI is InChI=1S/C20H24INO2/c1-5-13(2)16-6-8-17(9-7-16)24-12-20(23)22-19-11-14(3)18(21)10-15(19)4/h6-11,13H,5,12H2,1-4H3,(H,22,23). The van der Waals surface area contributed by atoms with Gasteiger partial charge in [-0.25, -0.2) is 0 Å². The van der Waals surface area contributed by atoms with Gasteiger partial charge < -0.3 is 10.1 Å². The number of anilines is 1. The van der Waals surface area contributed by atoms with Crippen molar-refractivity contribution in [2.24, 2.45) is 0 Å². The van der Waals surface area contributed by atoms with Crippen LogP contribution in [0.25, 0.3) is 0 Å². The van der Waals surface area contributed by atoms with Crippen LogP contribution < -0.4 is 10.1 Å². The van der Waals surface area contributed by atoms with Gasteiger partial charge in [0.2, 0.25) is 0 Å². The fraction of sp³-hybridized carbons (Fsp3) is 0.350. The highest BCUT2D eigenvalue weighted by molar-refractivity contribution is 14.1. The van der Waals surface area contributed by atoms with E-state index in [4.69, 9.17) is 4.74 Å². The first-order chi connectivity index (χ1) is 11.4. The van der Waals surface area contributed by atoms with Crippen LogP contribution in [0, 0.1) is 17.4 Å². The molecule has 1 unspecified atom stereocenters. The van der Waals surface area contributed by atoms with Gasteiger partial charge >= 0.3 is 0 Å². The van der Waals surface area contributed by atoms with Gasteiger partial charge in [0, 0.05) is 9.26 Å². The predicted molar refractivity (Wildman–Crippen MR) is 108 cm³/mol. The number of halogens is 1. The molecule has 0 spiro atoms. The quantitative estimate of drug-likeness (QED) is 0.612. The highest BCUT2D eigenvalue weighted by Crippen LogP contribution is 2.23. The summed E-state index contributed by atoms with van der Waals surface area (Å²) in [6.07, 6.45) is 1.11. The zero-order valence-corrected chi connectivity index (χ0v) is 16.8. The molecule has 0 saturated heterocycles. The molecule has 2 aromatic rings. The smallest absolute Gasteiger partial charge is 0.262 e. The zero-order chi connectivity index (χ0) is 17.7. The minimum atomic E-state index is -0.148. The lowest BCUT2D eigenvalue weighted by molar-refractivity contribution is -0.118. The number of aryl methyl sites for hydroxylation is 2. The topological polar surface area (TPSA) is 38.3 Å². The lowest BCUT2D eigenvalue weighted by Crippen LogP contribution is -2.20. The molecule has 4 heteroatoms. The molecular weight excluding hydrogens is 413 g/mol. The summed E-state index contributed by atoms with van der Waals surface area (Å²) in [5.41, 5.74) is 4.34. The van der Waals surface area contributed by atoms with Crippen LogP contribution in [0.1, 0.15) is 42.9 Å². The minimum Gasteiger partial charge on any atom is -0.484 e. The molecule has 0 heterocycles. The van der Waals surface area contributed by atoms with Crippen LogP contribution in [0.2, 0.25) is 0 Å². The first kappa shape index (κ1) is 18.8. The highest BCUT2D eigenvalue weighted by atomic mass is 127. The molecule has 0 saturated carbocycles. The third-order valence-electron chi connectivity index (χ3n) is 4.21. The molecular formula is C20H24INO2. The van der Waals surface area contributed by atoms with E-state index in [2.05, 4.69) is 60.0 Å². The maximum absolute atomic E-state index is 12.1. The van der Waals surface area contributed by atoms with E-state index in [1.807, 2.05) is 32.0 Å². The van der Waals surface area contributed by atoms with Crippen molar-refractivity contribution in [1.82, 2.24) is 0 Å². The Morgan fingerprint density at radius 1 is 1.17 bits per heavy atom. The van der Waals surface area contributed by atoms with E-state index in [1.54, 1.807) is 0 Å². The van der Waals surface area contributed by atoms with Crippen molar-refractivity contribution in [3.05, 3.63) is 56.7 Å². The molecule has 2 aromatic carbocycles. The van der Waals surface area contributed by atoms with Gasteiger partial charge in [-0.3, -0.25) is 4.79 Å². The second-order valence-electron chi connectivity index (χ2n) is 6.13. The third-order valence-corrected chi connectivity index (χ3v) is 5.37. The van der Waals surface area contributed by atoms with Gasteiger partial charge in [-0.1, -0.05) is 26.0 Å². The summed E-state index contributed by atoms with van der Waals surface area (Å²) in [6.45, 7) is 8.41. The Hall–Kier alpha value is -1.56. The molecule has 3 nitrogen and oxygen atoms in total. The van der Waals surface area contributed by atoms with Gasteiger partial charge in [-0.15, -0.1) is 0 Å². The van der Waals surface area contributed by atoms with Crippen LogP contribution in [-0.2, 0) is 4.79 Å². The number of carbonyl (C=O) groups is 1. The van der Waals surface area contributed by atoms with Gasteiger partial charge in [-0.2, -0.15) is 0 Å². The molecule has 0 aromatic heterocycles. The molecule has 0 bridgehead atoms. The molecule has 0 radical (unpaired) electrons. The van der Waals surface area contributed by atoms with E-state index >= 15 is 0 Å². The molecule has 24 heavy (non-hydrogen) atoms. The summed E-state index contributed by atoms with van der Waals surface area (Å²) in [7, 11) is 0. The Labute approximate surface area is 157 Å². The summed E-state index contributed by atoms with van der Waals surface area (Å²) >= 11 is 2.30. The van der Waals surface area contributed by atoms with E-state index in [0.29, 0.717) is 11.7 Å². The summed E-state index contributed by atoms with van der Waals surface area (Å²) < 4.78 is 6.78. The van der Waals surface area contributed by atoms with Crippen LogP contribution in [-0.4, -0.2) is 12.5 Å². The fourth-order valence-corrected chi connectivity index (χ4v) is 3.00. The fourth-order valence-electron chi connectivity index (χ4n) is 2.38. The monoisotopic (exact) mass is 437 g/mol. The van der Waals surface area contributed by atoms with Gasteiger partial charge in [0.05, 0.1) is 0 Å². The number of hydrogen-bond acceptors (Lipinski definition) is 2. The van der Waals surface area contributed by atoms with Crippen LogP contribution in [0.4, 0.5) is 5.69 Å². The molecule has 2 rings (SSSR count). The number of benzene rings is 2. The molecule has 1 N–H and O–H groups in total. The van der Waals surface area contributed by atoms with E-state index in [0.717, 1.165) is 23.2 Å². The average molecular weight is 437 g/mol. The molecule has 1 amide bonds. The number of ether oxygens (including phenoxy) is 1. The predicted octanol–water partition coefficient (Wildman–Crippen LogP) is 5.44. The number of rotatable bonds is 6. The van der Waals surface area contributed by atoms with E-state index in [9.17, 15) is 4.79 Å². The van der Waals surface area contributed by atoms with Gasteiger partial charge in [0.1, 0.15) is 5.75 Å². The first-order valence-electron chi connectivity index (χ1n) is 8.20. The van der Waals surface area contributed by atoms with Crippen LogP contribution in [0.15, 0.2) is 36.4 Å². The number of amides is 1. The first-order valence-corrected chi connectivity index (χ1v) is 9.28. The molecule has 0 fully saturated rings. The van der Waals surface area contributed by atoms with Crippen molar-refractivity contribution in [1.29, 1.82) is 0 Å². The molecule has 0 aliphatic rings. The van der Waals surface area contributed by atoms with Gasteiger partial charge in [-0.05, 0) is 89.7 Å². The van der Waals surface area contributed by atoms with Crippen LogP contribution in [0.3, 0.4) is 0 Å². The Morgan fingerprint density at radius 2 is 1.83 bits per heavy atom. The lowest BCUT2D eigenvalue weighted by Gasteiger charge is -2.12. The van der Waals surface area contributed by atoms with Crippen molar-refractivity contribution in [3.63, 3.8) is 0 Å². The van der Waals surface area contributed by atoms with Crippen molar-refractivity contribution in [3.8, 4) is 5.75 Å². The van der Waals surface area contributed by atoms with Crippen molar-refractivity contribution >= 4 is 34.2 Å². The summed E-state index contributed by atoms with van der Waals surface area (Å²) in [5, 5.41) is 2.92. The zero-order valence-electron chi connectivity index (χ0n) is 14.7. The molecule has 0 aliphatic heterocycles. The second-order valence-corrected chi connectivity index (χ2v) is 7.29. The summed E-state index contributed by atoms with van der Waals surface area (Å²) in [5.74, 6) is 1.10. The van der Waals surface area contributed by atoms with E-state index in [-0.39, 0.29) is 12.5 Å². The molecule has 0 aliphatic carbocycles. The molecule has 128 valence electrons. The van der Waals surface area contributed by atoms with Crippen molar-refractivity contribution in [2.45, 2.75) is 40.0 Å². The Kier molecular flexibility index (Phi) is 6.66. The van der Waals surface area contributed by atoms with Gasteiger partial charge in [0.15, 0.2) is 6.61 Å². The van der Waals surface area contributed by atoms with Gasteiger partial charge in [0.25, 0.3) is 5.91 Å². The number of nitrogens with one attached hydrogen (secondary N) is 1. The highest BCUT2D eigenvalue weighted by Gasteiger charge is 2.08. The lowest BCUT2D eigenvalue weighted by atomic mass is 9.99. The third kappa shape index (κ3) is 4.97. The van der Waals surface area contributed by atoms with E-state index < -0.39 is 0 Å². The Balaban J connectivity index is 1.93. The Morgan fingerprint density at radius 3 is 2.46 bits per heavy atom. The van der Waals surface area contributed by atoms with Crippen molar-refractivity contribution in [2.75, 3.05) is 11.9 Å².